The van der Waals surface area contributed by atoms with Crippen LogP contribution in [0.25, 0.3) is 0 Å². The molecule has 1 aliphatic heterocycles. The first-order valence-corrected chi connectivity index (χ1v) is 11.0. The maximum Gasteiger partial charge on any atom is 0.227 e. The molecule has 5 heteroatoms. The maximum absolute atomic E-state index is 13.4. The number of carbonyl (C=O) groups excluding carboxylic acids is 2. The molecule has 1 fully saturated rings. The van der Waals surface area contributed by atoms with E-state index in [0.29, 0.717) is 17.8 Å². The summed E-state index contributed by atoms with van der Waals surface area (Å²) in [5.41, 5.74) is 4.45. The first-order valence-electron chi connectivity index (χ1n) is 11.0. The fourth-order valence-electron chi connectivity index (χ4n) is 4.50. The van der Waals surface area contributed by atoms with E-state index < -0.39 is 0 Å². The van der Waals surface area contributed by atoms with Crippen molar-refractivity contribution in [1.29, 1.82) is 0 Å². The van der Waals surface area contributed by atoms with Gasteiger partial charge in [0.1, 0.15) is 5.71 Å². The van der Waals surface area contributed by atoms with Crippen molar-refractivity contribution in [2.45, 2.75) is 38.6 Å². The van der Waals surface area contributed by atoms with E-state index in [9.17, 15) is 9.59 Å². The SMILES string of the molecule is O=C(C1=Nc2ccccc2Cn2cccc21)c1ccc(NC(=O)C2CCCCC2)cc1. The van der Waals surface area contributed by atoms with Crippen LogP contribution in [-0.2, 0) is 11.3 Å². The lowest BCUT2D eigenvalue weighted by Crippen LogP contribution is -2.24. The van der Waals surface area contributed by atoms with Crippen LogP contribution in [0.5, 0.6) is 0 Å². The van der Waals surface area contributed by atoms with Crippen LogP contribution in [0.2, 0.25) is 0 Å². The lowest BCUT2D eigenvalue weighted by Gasteiger charge is -2.20. The van der Waals surface area contributed by atoms with Crippen LogP contribution >= 0.6 is 0 Å². The van der Waals surface area contributed by atoms with Gasteiger partial charge in [-0.05, 0) is 60.9 Å². The fraction of sp³-hybridized carbons (Fsp3) is 0.269. The average molecular weight is 412 g/mol. The number of benzene rings is 2. The summed E-state index contributed by atoms with van der Waals surface area (Å²) in [6.45, 7) is 0.685. The molecule has 1 saturated carbocycles. The Balaban J connectivity index is 1.39. The number of fused-ring (bicyclic) bond motifs is 2. The van der Waals surface area contributed by atoms with E-state index in [1.54, 1.807) is 24.3 Å². The predicted molar refractivity (Wildman–Crippen MR) is 122 cm³/mol. The van der Waals surface area contributed by atoms with Gasteiger partial charge in [0.05, 0.1) is 11.4 Å². The van der Waals surface area contributed by atoms with Gasteiger partial charge in [-0.1, -0.05) is 37.5 Å². The monoisotopic (exact) mass is 411 g/mol. The second-order valence-corrected chi connectivity index (χ2v) is 8.34. The topological polar surface area (TPSA) is 63.5 Å². The second-order valence-electron chi connectivity index (χ2n) is 8.34. The number of hydrogen-bond acceptors (Lipinski definition) is 3. The molecule has 5 rings (SSSR count). The molecule has 2 heterocycles. The Morgan fingerprint density at radius 3 is 2.48 bits per heavy atom. The molecule has 31 heavy (non-hydrogen) atoms. The second kappa shape index (κ2) is 8.34. The minimum atomic E-state index is -0.123. The molecule has 1 aromatic heterocycles. The van der Waals surface area contributed by atoms with Gasteiger partial charge in [-0.2, -0.15) is 0 Å². The minimum absolute atomic E-state index is 0.0846. The van der Waals surface area contributed by atoms with Gasteiger partial charge in [0.15, 0.2) is 0 Å². The lowest BCUT2D eigenvalue weighted by molar-refractivity contribution is -0.120. The van der Waals surface area contributed by atoms with Crippen LogP contribution < -0.4 is 5.32 Å². The van der Waals surface area contributed by atoms with E-state index in [1.165, 1.54) is 6.42 Å². The highest BCUT2D eigenvalue weighted by Gasteiger charge is 2.24. The van der Waals surface area contributed by atoms with E-state index in [0.717, 1.165) is 48.3 Å². The summed E-state index contributed by atoms with van der Waals surface area (Å²) in [4.78, 5) is 30.6. The Morgan fingerprint density at radius 2 is 1.68 bits per heavy atom. The molecule has 2 aliphatic rings. The smallest absolute Gasteiger partial charge is 0.227 e. The number of carbonyl (C=O) groups is 2. The molecule has 0 atom stereocenters. The van der Waals surface area contributed by atoms with E-state index >= 15 is 0 Å². The molecule has 5 nitrogen and oxygen atoms in total. The average Bonchev–Trinajstić information content (AvgIpc) is 3.20. The molecule has 2 aromatic carbocycles. The van der Waals surface area contributed by atoms with Crippen molar-refractivity contribution in [2.75, 3.05) is 5.32 Å². The van der Waals surface area contributed by atoms with Gasteiger partial charge in [0.2, 0.25) is 11.7 Å². The van der Waals surface area contributed by atoms with Crippen molar-refractivity contribution in [2.24, 2.45) is 10.9 Å². The van der Waals surface area contributed by atoms with Crippen LogP contribution in [0.1, 0.15) is 53.7 Å². The Labute approximate surface area is 181 Å². The quantitative estimate of drug-likeness (QED) is 0.587. The van der Waals surface area contributed by atoms with Gasteiger partial charge in [-0.15, -0.1) is 0 Å². The minimum Gasteiger partial charge on any atom is -0.342 e. The van der Waals surface area contributed by atoms with Crippen LogP contribution in [0.4, 0.5) is 11.4 Å². The summed E-state index contributed by atoms with van der Waals surface area (Å²) in [7, 11) is 0. The van der Waals surface area contributed by atoms with Gasteiger partial charge < -0.3 is 9.88 Å². The van der Waals surface area contributed by atoms with Crippen molar-refractivity contribution in [3.05, 3.63) is 83.7 Å². The number of anilines is 1. The number of ketones is 1. The molecule has 3 aromatic rings. The van der Waals surface area contributed by atoms with Gasteiger partial charge in [-0.3, -0.25) is 9.59 Å². The molecule has 1 aliphatic carbocycles. The number of rotatable bonds is 4. The van der Waals surface area contributed by atoms with Gasteiger partial charge in [0, 0.05) is 29.9 Å². The summed E-state index contributed by atoms with van der Waals surface area (Å²) in [6, 6.07) is 18.9. The van der Waals surface area contributed by atoms with Gasteiger partial charge in [0.25, 0.3) is 0 Å². The zero-order chi connectivity index (χ0) is 21.2. The number of Topliss-reactive ketones (excluding diaryl/α,β-unsaturated/α-hetero) is 1. The Hall–Kier alpha value is -3.47. The van der Waals surface area contributed by atoms with E-state index in [2.05, 4.69) is 9.88 Å². The third-order valence-electron chi connectivity index (χ3n) is 6.24. The molecule has 0 unspecified atom stereocenters. The summed E-state index contributed by atoms with van der Waals surface area (Å²) in [5.74, 6) is 0.0615. The summed E-state index contributed by atoms with van der Waals surface area (Å²) in [6.07, 6.45) is 7.37. The number of nitrogens with one attached hydrogen (secondary N) is 1. The molecule has 0 saturated heterocycles. The number of para-hydroxylation sites is 1. The highest BCUT2D eigenvalue weighted by Crippen LogP contribution is 2.27. The number of aliphatic imine (C=N–C) groups is 1. The number of nitrogens with zero attached hydrogens (tertiary/aromatic N) is 2. The molecule has 1 N–H and O–H groups in total. The molecular formula is C26H25N3O2. The standard InChI is InChI=1S/C26H25N3O2/c30-25(18-12-14-21(15-13-18)27-26(31)19-7-2-1-3-8-19)24-23-11-6-16-29(23)17-20-9-4-5-10-22(20)28-24/h4-6,9-16,19H,1-3,7-8,17H2,(H,27,31). The van der Waals surface area contributed by atoms with Crippen LogP contribution in [0.3, 0.4) is 0 Å². The highest BCUT2D eigenvalue weighted by atomic mass is 16.2. The van der Waals surface area contributed by atoms with Crippen LogP contribution in [0.15, 0.2) is 71.9 Å². The molecule has 0 radical (unpaired) electrons. The van der Waals surface area contributed by atoms with Crippen LogP contribution in [0, 0.1) is 5.92 Å². The normalized spacial score (nSPS) is 15.9. The molecule has 0 bridgehead atoms. The molecule has 0 spiro atoms. The zero-order valence-electron chi connectivity index (χ0n) is 17.4. The third kappa shape index (κ3) is 3.96. The molecular weight excluding hydrogens is 386 g/mol. The van der Waals surface area contributed by atoms with Crippen molar-refractivity contribution in [1.82, 2.24) is 4.57 Å². The van der Waals surface area contributed by atoms with E-state index in [-0.39, 0.29) is 17.6 Å². The van der Waals surface area contributed by atoms with E-state index in [4.69, 9.17) is 4.99 Å². The van der Waals surface area contributed by atoms with Crippen molar-refractivity contribution in [3.8, 4) is 0 Å². The molecule has 156 valence electrons. The number of hydrogen-bond donors (Lipinski definition) is 1. The highest BCUT2D eigenvalue weighted by molar-refractivity contribution is 6.51. The summed E-state index contributed by atoms with van der Waals surface area (Å²) < 4.78 is 2.06. The zero-order valence-corrected chi connectivity index (χ0v) is 17.4. The van der Waals surface area contributed by atoms with Crippen molar-refractivity contribution < 1.29 is 9.59 Å². The van der Waals surface area contributed by atoms with Crippen LogP contribution in [-0.4, -0.2) is 22.0 Å². The molecule has 1 amide bonds. The van der Waals surface area contributed by atoms with Gasteiger partial charge >= 0.3 is 0 Å². The summed E-state index contributed by atoms with van der Waals surface area (Å²) in [5, 5.41) is 3.01. The van der Waals surface area contributed by atoms with Crippen molar-refractivity contribution in [3.63, 3.8) is 0 Å². The maximum atomic E-state index is 13.4. The Morgan fingerprint density at radius 1 is 0.903 bits per heavy atom. The predicted octanol–water partition coefficient (Wildman–Crippen LogP) is 5.37. The fourth-order valence-corrected chi connectivity index (χ4v) is 4.50. The largest absolute Gasteiger partial charge is 0.342 e. The number of amides is 1. The Bertz CT molecular complexity index is 1150. The first kappa shape index (κ1) is 19.5. The Kier molecular flexibility index (Phi) is 5.24. The van der Waals surface area contributed by atoms with Crippen molar-refractivity contribution >= 4 is 28.8 Å². The summed E-state index contributed by atoms with van der Waals surface area (Å²) >= 11 is 0. The first-order chi connectivity index (χ1) is 15.2. The van der Waals surface area contributed by atoms with E-state index in [1.807, 2.05) is 42.6 Å². The lowest BCUT2D eigenvalue weighted by atomic mass is 9.88. The van der Waals surface area contributed by atoms with Gasteiger partial charge in [-0.25, -0.2) is 4.99 Å². The number of aromatic nitrogens is 1. The third-order valence-corrected chi connectivity index (χ3v) is 6.24.